The molecule has 0 bridgehead atoms. The van der Waals surface area contributed by atoms with Crippen LogP contribution in [0.4, 0.5) is 17.5 Å². The highest BCUT2D eigenvalue weighted by Gasteiger charge is 2.16. The van der Waals surface area contributed by atoms with Gasteiger partial charge in [0.1, 0.15) is 11.9 Å². The highest BCUT2D eigenvalue weighted by molar-refractivity contribution is 5.56. The van der Waals surface area contributed by atoms with Gasteiger partial charge in [-0.25, -0.2) is 4.98 Å². The van der Waals surface area contributed by atoms with Gasteiger partial charge in [0, 0.05) is 6.54 Å². The lowest BCUT2D eigenvalue weighted by Crippen LogP contribution is -2.07. The highest BCUT2D eigenvalue weighted by Crippen LogP contribution is 2.22. The second kappa shape index (κ2) is 5.83. The number of hydrogen-bond donors (Lipinski definition) is 2. The van der Waals surface area contributed by atoms with E-state index >= 15 is 0 Å². The van der Waals surface area contributed by atoms with E-state index in [2.05, 4.69) is 15.3 Å². The number of hydrogen-bond acceptors (Lipinski definition) is 7. The predicted molar refractivity (Wildman–Crippen MR) is 73.4 cm³/mol. The molecule has 1 aromatic carbocycles. The maximum atomic E-state index is 10.9. The summed E-state index contributed by atoms with van der Waals surface area (Å²) in [5, 5.41) is 13.7. The molecule has 1 aromatic heterocycles. The molecular formula is C12H13N5O3. The van der Waals surface area contributed by atoms with Crippen molar-refractivity contribution in [1.29, 1.82) is 0 Å². The molecule has 0 saturated carbocycles. The first-order valence-corrected chi connectivity index (χ1v) is 5.74. The first-order chi connectivity index (χ1) is 9.60. The number of methoxy groups -OCH3 is 1. The zero-order valence-electron chi connectivity index (χ0n) is 10.7. The Morgan fingerprint density at radius 2 is 2.30 bits per heavy atom. The topological polar surface area (TPSA) is 116 Å². The number of nitrogen functional groups attached to an aromatic ring is 1. The number of rotatable bonds is 5. The molecule has 0 atom stereocenters. The summed E-state index contributed by atoms with van der Waals surface area (Å²) in [6.45, 7) is 0.356. The first-order valence-electron chi connectivity index (χ1n) is 5.74. The predicted octanol–water partition coefficient (Wildman–Crippen LogP) is 1.59. The van der Waals surface area contributed by atoms with Crippen LogP contribution < -0.4 is 15.8 Å². The van der Waals surface area contributed by atoms with Gasteiger partial charge in [-0.2, -0.15) is 4.98 Å². The number of benzene rings is 1. The molecule has 20 heavy (non-hydrogen) atoms. The SMILES string of the molecule is COc1cccc(CNc2nc(N)ncc2[N+](=O)[O-])c1. The summed E-state index contributed by atoms with van der Waals surface area (Å²) in [6, 6.07) is 7.34. The average molecular weight is 275 g/mol. The molecule has 0 amide bonds. The van der Waals surface area contributed by atoms with Gasteiger partial charge in [-0.05, 0) is 17.7 Å². The molecule has 2 aromatic rings. The summed E-state index contributed by atoms with van der Waals surface area (Å²) in [6.07, 6.45) is 1.08. The van der Waals surface area contributed by atoms with Gasteiger partial charge < -0.3 is 15.8 Å². The fourth-order valence-electron chi connectivity index (χ4n) is 1.62. The molecule has 0 aliphatic rings. The Kier molecular flexibility index (Phi) is 3.94. The van der Waals surface area contributed by atoms with Crippen molar-refractivity contribution >= 4 is 17.5 Å². The Balaban J connectivity index is 2.17. The van der Waals surface area contributed by atoms with Gasteiger partial charge in [-0.1, -0.05) is 12.1 Å². The third-order valence-electron chi connectivity index (χ3n) is 2.58. The fraction of sp³-hybridized carbons (Fsp3) is 0.167. The van der Waals surface area contributed by atoms with Crippen molar-refractivity contribution in [3.63, 3.8) is 0 Å². The molecule has 0 aliphatic heterocycles. The zero-order valence-corrected chi connectivity index (χ0v) is 10.7. The summed E-state index contributed by atoms with van der Waals surface area (Å²) in [5.41, 5.74) is 6.12. The van der Waals surface area contributed by atoms with E-state index in [1.807, 2.05) is 24.3 Å². The standard InChI is InChI=1S/C12H13N5O3/c1-20-9-4-2-3-8(5-9)6-14-11-10(17(18)19)7-15-12(13)16-11/h2-5,7H,6H2,1H3,(H3,13,14,15,16). The van der Waals surface area contributed by atoms with Crippen molar-refractivity contribution in [3.05, 3.63) is 46.1 Å². The van der Waals surface area contributed by atoms with Crippen LogP contribution in [0.2, 0.25) is 0 Å². The van der Waals surface area contributed by atoms with Crippen molar-refractivity contribution in [1.82, 2.24) is 9.97 Å². The molecule has 3 N–H and O–H groups in total. The smallest absolute Gasteiger partial charge is 0.329 e. The van der Waals surface area contributed by atoms with Crippen LogP contribution in [0, 0.1) is 10.1 Å². The number of nitro groups is 1. The lowest BCUT2D eigenvalue weighted by molar-refractivity contribution is -0.384. The fourth-order valence-corrected chi connectivity index (χ4v) is 1.62. The minimum absolute atomic E-state index is 0.0243. The molecule has 0 saturated heterocycles. The Bertz CT molecular complexity index is 632. The van der Waals surface area contributed by atoms with E-state index in [9.17, 15) is 10.1 Å². The Hall–Kier alpha value is -2.90. The summed E-state index contributed by atoms with van der Waals surface area (Å²) in [5.74, 6) is 0.773. The van der Waals surface area contributed by atoms with Gasteiger partial charge in [0.05, 0.1) is 12.0 Å². The largest absolute Gasteiger partial charge is 0.497 e. The molecule has 0 spiro atoms. The number of ether oxygens (including phenoxy) is 1. The number of anilines is 2. The number of nitrogens with zero attached hydrogens (tertiary/aromatic N) is 3. The molecule has 1 heterocycles. The minimum Gasteiger partial charge on any atom is -0.497 e. The number of nitrogens with two attached hydrogens (primary N) is 1. The van der Waals surface area contributed by atoms with Crippen LogP contribution in [0.1, 0.15) is 5.56 Å². The molecule has 104 valence electrons. The van der Waals surface area contributed by atoms with E-state index in [4.69, 9.17) is 10.5 Å². The molecule has 0 unspecified atom stereocenters. The van der Waals surface area contributed by atoms with E-state index in [0.717, 1.165) is 11.8 Å². The van der Waals surface area contributed by atoms with E-state index in [1.165, 1.54) is 0 Å². The quantitative estimate of drug-likeness (QED) is 0.628. The maximum absolute atomic E-state index is 10.9. The van der Waals surface area contributed by atoms with Crippen LogP contribution in [0.3, 0.4) is 0 Å². The van der Waals surface area contributed by atoms with Crippen LogP contribution in [-0.2, 0) is 6.54 Å². The summed E-state index contributed by atoms with van der Waals surface area (Å²) < 4.78 is 5.11. The summed E-state index contributed by atoms with van der Waals surface area (Å²) in [7, 11) is 1.57. The van der Waals surface area contributed by atoms with Crippen molar-refractivity contribution in [2.45, 2.75) is 6.54 Å². The second-order valence-electron chi connectivity index (χ2n) is 3.92. The highest BCUT2D eigenvalue weighted by atomic mass is 16.6. The lowest BCUT2D eigenvalue weighted by atomic mass is 10.2. The van der Waals surface area contributed by atoms with Crippen LogP contribution in [-0.4, -0.2) is 22.0 Å². The summed E-state index contributed by atoms with van der Waals surface area (Å²) in [4.78, 5) is 17.8. The van der Waals surface area contributed by atoms with Crippen LogP contribution >= 0.6 is 0 Å². The third-order valence-corrected chi connectivity index (χ3v) is 2.58. The number of nitrogens with one attached hydrogen (secondary N) is 1. The first kappa shape index (κ1) is 13.5. The lowest BCUT2D eigenvalue weighted by Gasteiger charge is -2.07. The van der Waals surface area contributed by atoms with Crippen LogP contribution in [0.25, 0.3) is 0 Å². The van der Waals surface area contributed by atoms with Gasteiger partial charge >= 0.3 is 5.69 Å². The number of aromatic nitrogens is 2. The van der Waals surface area contributed by atoms with Gasteiger partial charge in [-0.3, -0.25) is 10.1 Å². The van der Waals surface area contributed by atoms with Gasteiger partial charge in [0.25, 0.3) is 0 Å². The molecule has 8 heteroatoms. The average Bonchev–Trinajstić information content (AvgIpc) is 2.45. The third kappa shape index (κ3) is 3.10. The van der Waals surface area contributed by atoms with Crippen molar-refractivity contribution in [3.8, 4) is 5.75 Å². The molecular weight excluding hydrogens is 262 g/mol. The summed E-state index contributed by atoms with van der Waals surface area (Å²) >= 11 is 0. The van der Waals surface area contributed by atoms with Crippen molar-refractivity contribution < 1.29 is 9.66 Å². The van der Waals surface area contributed by atoms with Crippen molar-refractivity contribution in [2.75, 3.05) is 18.2 Å². The van der Waals surface area contributed by atoms with Gasteiger partial charge in [0.2, 0.25) is 11.8 Å². The van der Waals surface area contributed by atoms with Crippen molar-refractivity contribution in [2.24, 2.45) is 0 Å². The van der Waals surface area contributed by atoms with E-state index in [-0.39, 0.29) is 17.5 Å². The molecule has 0 radical (unpaired) electrons. The zero-order chi connectivity index (χ0) is 14.5. The minimum atomic E-state index is -0.562. The van der Waals surface area contributed by atoms with E-state index in [0.29, 0.717) is 12.3 Å². The normalized spacial score (nSPS) is 10.1. The van der Waals surface area contributed by atoms with Gasteiger partial charge in [0.15, 0.2) is 0 Å². The molecule has 0 aliphatic carbocycles. The Morgan fingerprint density at radius 3 is 3.00 bits per heavy atom. The van der Waals surface area contributed by atoms with E-state index < -0.39 is 4.92 Å². The Morgan fingerprint density at radius 1 is 1.50 bits per heavy atom. The molecule has 8 nitrogen and oxygen atoms in total. The van der Waals surface area contributed by atoms with Gasteiger partial charge in [-0.15, -0.1) is 0 Å². The van der Waals surface area contributed by atoms with Crippen LogP contribution in [0.5, 0.6) is 5.75 Å². The molecule has 0 fully saturated rings. The maximum Gasteiger partial charge on any atom is 0.329 e. The van der Waals surface area contributed by atoms with E-state index in [1.54, 1.807) is 7.11 Å². The van der Waals surface area contributed by atoms with Crippen LogP contribution in [0.15, 0.2) is 30.5 Å². The molecule has 2 rings (SSSR count). The second-order valence-corrected chi connectivity index (χ2v) is 3.92. The Labute approximate surface area is 114 Å². The monoisotopic (exact) mass is 275 g/mol.